The Bertz CT molecular complexity index is 3420. The lowest BCUT2D eigenvalue weighted by Gasteiger charge is -2.09. The van der Waals surface area contributed by atoms with Gasteiger partial charge < -0.3 is 17.8 Å². The highest BCUT2D eigenvalue weighted by atomic mass is 16.3. The fourth-order valence-electron chi connectivity index (χ4n) is 8.18. The van der Waals surface area contributed by atoms with Gasteiger partial charge >= 0.3 is 0 Å². The second-order valence-electron chi connectivity index (χ2n) is 13.3. The van der Waals surface area contributed by atoms with E-state index < -0.39 is 0 Å². The van der Waals surface area contributed by atoms with Gasteiger partial charge in [0.25, 0.3) is 0 Å². The Hall–Kier alpha value is -7.18. The standard InChI is InChI=1S/C46H25N3O3/c1-2-12-26(13-3-1)46-47-43(30-17-10-22-38-41(30)28-15-5-8-20-36(28)50-38)45-44(48-46)32-24-31-27-14-4-7-18-33(27)49(35(31)25-40(32)52-45)34-19-11-23-39-42(34)29-16-6-9-21-37(29)51-39/h1-25H. The molecule has 0 saturated carbocycles. The molecule has 0 atom stereocenters. The summed E-state index contributed by atoms with van der Waals surface area (Å²) in [6, 6.07) is 51.9. The molecule has 0 saturated heterocycles. The van der Waals surface area contributed by atoms with Gasteiger partial charge in [0.15, 0.2) is 11.4 Å². The van der Waals surface area contributed by atoms with Crippen LogP contribution in [0.3, 0.4) is 0 Å². The summed E-state index contributed by atoms with van der Waals surface area (Å²) < 4.78 is 21.9. The third kappa shape index (κ3) is 3.72. The molecule has 0 radical (unpaired) electrons. The minimum Gasteiger partial charge on any atom is -0.456 e. The van der Waals surface area contributed by atoms with Gasteiger partial charge in [0.1, 0.15) is 39.1 Å². The minimum atomic E-state index is 0.636. The first-order valence-electron chi connectivity index (χ1n) is 17.3. The van der Waals surface area contributed by atoms with E-state index in [-0.39, 0.29) is 0 Å². The maximum absolute atomic E-state index is 6.92. The smallest absolute Gasteiger partial charge is 0.180 e. The van der Waals surface area contributed by atoms with Crippen LogP contribution in [-0.2, 0) is 0 Å². The summed E-state index contributed by atoms with van der Waals surface area (Å²) in [5, 5.41) is 7.38. The Labute approximate surface area is 294 Å². The van der Waals surface area contributed by atoms with Crippen LogP contribution in [0, 0.1) is 0 Å². The molecule has 6 nitrogen and oxygen atoms in total. The van der Waals surface area contributed by atoms with E-state index >= 15 is 0 Å². The zero-order valence-corrected chi connectivity index (χ0v) is 27.5. The van der Waals surface area contributed by atoms with Gasteiger partial charge in [0.2, 0.25) is 0 Å². The van der Waals surface area contributed by atoms with Gasteiger partial charge in [0.05, 0.1) is 22.1 Å². The molecule has 12 rings (SSSR count). The van der Waals surface area contributed by atoms with E-state index in [0.29, 0.717) is 11.4 Å². The molecular formula is C46H25N3O3. The topological polar surface area (TPSA) is 70.1 Å². The van der Waals surface area contributed by atoms with Gasteiger partial charge in [-0.2, -0.15) is 0 Å². The molecule has 0 bridgehead atoms. The van der Waals surface area contributed by atoms with Gasteiger partial charge in [-0.25, -0.2) is 9.97 Å². The Morgan fingerprint density at radius 1 is 0.423 bits per heavy atom. The van der Waals surface area contributed by atoms with Crippen molar-refractivity contribution in [2.45, 2.75) is 0 Å². The number of hydrogen-bond donors (Lipinski definition) is 0. The van der Waals surface area contributed by atoms with Gasteiger partial charge in [-0.1, -0.05) is 103 Å². The molecule has 0 aliphatic heterocycles. The summed E-state index contributed by atoms with van der Waals surface area (Å²) in [5.74, 6) is 0.636. The van der Waals surface area contributed by atoms with Crippen LogP contribution in [0.15, 0.2) is 165 Å². The molecule has 6 heteroatoms. The van der Waals surface area contributed by atoms with Crippen molar-refractivity contribution >= 4 is 87.8 Å². The maximum atomic E-state index is 6.92. The third-order valence-electron chi connectivity index (χ3n) is 10.4. The van der Waals surface area contributed by atoms with Crippen molar-refractivity contribution in [1.29, 1.82) is 0 Å². The summed E-state index contributed by atoms with van der Waals surface area (Å²) in [5.41, 5.74) is 11.3. The third-order valence-corrected chi connectivity index (χ3v) is 10.4. The first-order chi connectivity index (χ1) is 25.8. The number of fused-ring (bicyclic) bond motifs is 12. The van der Waals surface area contributed by atoms with Crippen molar-refractivity contribution in [2.75, 3.05) is 0 Å². The largest absolute Gasteiger partial charge is 0.456 e. The minimum absolute atomic E-state index is 0.636. The van der Waals surface area contributed by atoms with Crippen molar-refractivity contribution in [1.82, 2.24) is 14.5 Å². The average molecular weight is 668 g/mol. The number of furan rings is 3. The van der Waals surface area contributed by atoms with Crippen LogP contribution in [0.25, 0.3) is 116 Å². The highest BCUT2D eigenvalue weighted by molar-refractivity contribution is 6.21. The summed E-state index contributed by atoms with van der Waals surface area (Å²) >= 11 is 0. The lowest BCUT2D eigenvalue weighted by Crippen LogP contribution is -1.94. The van der Waals surface area contributed by atoms with Gasteiger partial charge in [-0.05, 0) is 42.5 Å². The molecule has 0 fully saturated rings. The van der Waals surface area contributed by atoms with Crippen LogP contribution in [0.1, 0.15) is 0 Å². The van der Waals surface area contributed by atoms with Crippen molar-refractivity contribution < 1.29 is 13.3 Å². The van der Waals surface area contributed by atoms with Crippen molar-refractivity contribution in [3.63, 3.8) is 0 Å². The van der Waals surface area contributed by atoms with E-state index in [1.54, 1.807) is 0 Å². The monoisotopic (exact) mass is 667 g/mol. The molecule has 5 aromatic heterocycles. The average Bonchev–Trinajstić information content (AvgIpc) is 3.95. The second kappa shape index (κ2) is 10.2. The van der Waals surface area contributed by atoms with Crippen molar-refractivity contribution in [3.05, 3.63) is 152 Å². The number of hydrogen-bond acceptors (Lipinski definition) is 5. The van der Waals surface area contributed by atoms with Crippen molar-refractivity contribution in [2.24, 2.45) is 0 Å². The maximum Gasteiger partial charge on any atom is 0.180 e. The summed E-state index contributed by atoms with van der Waals surface area (Å²) in [6.07, 6.45) is 0. The fraction of sp³-hybridized carbons (Fsp3) is 0. The van der Waals surface area contributed by atoms with Crippen molar-refractivity contribution in [3.8, 4) is 28.3 Å². The van der Waals surface area contributed by atoms with Crippen LogP contribution in [0.4, 0.5) is 0 Å². The molecule has 5 heterocycles. The Morgan fingerprint density at radius 3 is 1.88 bits per heavy atom. The Kier molecular flexibility index (Phi) is 5.41. The van der Waals surface area contributed by atoms with E-state index in [1.807, 2.05) is 78.9 Å². The van der Waals surface area contributed by atoms with E-state index in [9.17, 15) is 0 Å². The molecule has 52 heavy (non-hydrogen) atoms. The Balaban J connectivity index is 1.21. The fourth-order valence-corrected chi connectivity index (χ4v) is 8.18. The second-order valence-corrected chi connectivity index (χ2v) is 13.3. The molecule has 0 spiro atoms. The quantitative estimate of drug-likeness (QED) is 0.188. The SMILES string of the molecule is c1ccc(-c2nc(-c3cccc4oc5ccccc5c34)c3oc4cc5c(cc4c3n2)c2ccccc2n5-c2cccc3oc4ccccc4c23)cc1. The number of nitrogens with zero attached hydrogens (tertiary/aromatic N) is 3. The molecule has 0 aliphatic rings. The van der Waals surface area contributed by atoms with Crippen LogP contribution < -0.4 is 0 Å². The predicted molar refractivity (Wildman–Crippen MR) is 209 cm³/mol. The molecule has 0 amide bonds. The summed E-state index contributed by atoms with van der Waals surface area (Å²) in [6.45, 7) is 0. The summed E-state index contributed by atoms with van der Waals surface area (Å²) in [4.78, 5) is 10.5. The molecule has 0 N–H and O–H groups in total. The lowest BCUT2D eigenvalue weighted by atomic mass is 10.0. The normalized spacial score (nSPS) is 12.2. The Morgan fingerprint density at radius 2 is 1.08 bits per heavy atom. The van der Waals surface area contributed by atoms with E-state index in [4.69, 9.17) is 23.2 Å². The summed E-state index contributed by atoms with van der Waals surface area (Å²) in [7, 11) is 0. The predicted octanol–water partition coefficient (Wildman–Crippen LogP) is 12.6. The number of rotatable bonds is 3. The van der Waals surface area contributed by atoms with E-state index in [0.717, 1.165) is 105 Å². The molecule has 0 aliphatic carbocycles. The molecular weight excluding hydrogens is 643 g/mol. The van der Waals surface area contributed by atoms with E-state index in [1.165, 1.54) is 0 Å². The van der Waals surface area contributed by atoms with Crippen LogP contribution in [0.2, 0.25) is 0 Å². The van der Waals surface area contributed by atoms with Gasteiger partial charge in [0, 0.05) is 49.5 Å². The number of aromatic nitrogens is 3. The first kappa shape index (κ1) is 27.6. The van der Waals surface area contributed by atoms with Crippen LogP contribution in [-0.4, -0.2) is 14.5 Å². The number of benzene rings is 7. The van der Waals surface area contributed by atoms with E-state index in [2.05, 4.69) is 77.4 Å². The lowest BCUT2D eigenvalue weighted by molar-refractivity contribution is 0.667. The van der Waals surface area contributed by atoms with Gasteiger partial charge in [-0.15, -0.1) is 0 Å². The molecule has 242 valence electrons. The number of para-hydroxylation sites is 3. The molecule has 7 aromatic carbocycles. The zero-order chi connectivity index (χ0) is 33.9. The zero-order valence-electron chi connectivity index (χ0n) is 27.5. The van der Waals surface area contributed by atoms with Crippen LogP contribution in [0.5, 0.6) is 0 Å². The first-order valence-corrected chi connectivity index (χ1v) is 17.3. The highest BCUT2D eigenvalue weighted by Crippen LogP contribution is 2.44. The van der Waals surface area contributed by atoms with Gasteiger partial charge in [-0.3, -0.25) is 0 Å². The molecule has 12 aromatic rings. The highest BCUT2D eigenvalue weighted by Gasteiger charge is 2.24. The van der Waals surface area contributed by atoms with Crippen LogP contribution >= 0.6 is 0 Å². The molecule has 0 unspecified atom stereocenters.